The smallest absolute Gasteiger partial charge is 0.408 e. The second-order valence-corrected chi connectivity index (χ2v) is 9.09. The van der Waals surface area contributed by atoms with Crippen molar-refractivity contribution in [1.29, 1.82) is 0 Å². The number of carbonyl (C=O) groups excluding carboxylic acids is 1. The number of likely N-dealkylation sites (tertiary alicyclic amines) is 1. The van der Waals surface area contributed by atoms with Gasteiger partial charge in [-0.15, -0.1) is 0 Å². The van der Waals surface area contributed by atoms with Gasteiger partial charge in [0.15, 0.2) is 0 Å². The summed E-state index contributed by atoms with van der Waals surface area (Å²) < 4.78 is 11.4. The van der Waals surface area contributed by atoms with Crippen LogP contribution in [0.4, 0.5) is 4.79 Å². The van der Waals surface area contributed by atoms with E-state index in [2.05, 4.69) is 24.1 Å². The average molecular weight is 397 g/mol. The molecule has 0 saturated carbocycles. The van der Waals surface area contributed by atoms with Crippen molar-refractivity contribution in [1.82, 2.24) is 10.2 Å². The third kappa shape index (κ3) is 5.08. The monoisotopic (exact) mass is 396 g/mol. The molecule has 27 heavy (non-hydrogen) atoms. The number of hydrogen-bond donors (Lipinski definition) is 1. The van der Waals surface area contributed by atoms with Crippen LogP contribution in [0.5, 0.6) is 5.75 Å². The Morgan fingerprint density at radius 3 is 2.37 bits per heavy atom. The molecule has 1 aliphatic rings. The summed E-state index contributed by atoms with van der Waals surface area (Å²) in [5, 5.41) is 3.50. The summed E-state index contributed by atoms with van der Waals surface area (Å²) in [5.74, 6) is 1.15. The highest BCUT2D eigenvalue weighted by atomic mass is 35.5. The Kier molecular flexibility index (Phi) is 6.69. The molecular formula is C21H33ClN2O3. The first-order valence-electron chi connectivity index (χ1n) is 9.54. The van der Waals surface area contributed by atoms with Crippen LogP contribution in [0.3, 0.4) is 0 Å². The summed E-state index contributed by atoms with van der Waals surface area (Å²) in [6.45, 7) is 16.0. The van der Waals surface area contributed by atoms with Gasteiger partial charge in [0.05, 0.1) is 7.11 Å². The Morgan fingerprint density at radius 2 is 1.89 bits per heavy atom. The molecule has 1 atom stereocenters. The Morgan fingerprint density at radius 1 is 1.30 bits per heavy atom. The standard InChI is InChI=1S/C21H33ClN2O3/c1-12(2)24-10-15(11-24)18-13(3)17(22)9-16(19(18)26-8)14(4)27-20(25)23-21(5,6)7/h9,12,14-15H,10-11H2,1-8H3,(H,23,25). The van der Waals surface area contributed by atoms with E-state index in [1.807, 2.05) is 40.7 Å². The van der Waals surface area contributed by atoms with Gasteiger partial charge in [-0.05, 0) is 60.1 Å². The van der Waals surface area contributed by atoms with Gasteiger partial charge in [0.1, 0.15) is 11.9 Å². The van der Waals surface area contributed by atoms with Crippen LogP contribution in [0.1, 0.15) is 70.3 Å². The number of amides is 1. The molecule has 1 fully saturated rings. The van der Waals surface area contributed by atoms with Crippen LogP contribution < -0.4 is 10.1 Å². The molecule has 1 amide bonds. The Bertz CT molecular complexity index is 692. The van der Waals surface area contributed by atoms with Gasteiger partial charge in [-0.1, -0.05) is 11.6 Å². The summed E-state index contributed by atoms with van der Waals surface area (Å²) in [4.78, 5) is 14.6. The van der Waals surface area contributed by atoms with Gasteiger partial charge in [0, 0.05) is 46.7 Å². The van der Waals surface area contributed by atoms with E-state index in [0.717, 1.165) is 35.5 Å². The van der Waals surface area contributed by atoms with Crippen LogP contribution in [0.2, 0.25) is 5.02 Å². The first-order valence-corrected chi connectivity index (χ1v) is 9.92. The number of rotatable bonds is 5. The number of carbonyl (C=O) groups is 1. The molecular weight excluding hydrogens is 364 g/mol. The fraction of sp³-hybridized carbons (Fsp3) is 0.667. The van der Waals surface area contributed by atoms with Crippen LogP contribution in [-0.2, 0) is 4.74 Å². The average Bonchev–Trinajstić information content (AvgIpc) is 2.47. The van der Waals surface area contributed by atoms with Crippen molar-refractivity contribution in [3.05, 3.63) is 27.8 Å². The van der Waals surface area contributed by atoms with Crippen LogP contribution in [0, 0.1) is 6.92 Å². The lowest BCUT2D eigenvalue weighted by Gasteiger charge is -2.43. The number of halogens is 1. The zero-order chi connectivity index (χ0) is 20.5. The van der Waals surface area contributed by atoms with E-state index >= 15 is 0 Å². The van der Waals surface area contributed by atoms with Crippen molar-refractivity contribution >= 4 is 17.7 Å². The van der Waals surface area contributed by atoms with Crippen molar-refractivity contribution in [3.8, 4) is 5.75 Å². The van der Waals surface area contributed by atoms with E-state index in [1.54, 1.807) is 7.11 Å². The molecule has 1 saturated heterocycles. The highest BCUT2D eigenvalue weighted by molar-refractivity contribution is 6.31. The zero-order valence-electron chi connectivity index (χ0n) is 17.8. The maximum absolute atomic E-state index is 12.2. The molecule has 1 unspecified atom stereocenters. The summed E-state index contributed by atoms with van der Waals surface area (Å²) in [6.07, 6.45) is -0.926. The first kappa shape index (κ1) is 21.8. The lowest BCUT2D eigenvalue weighted by atomic mass is 9.85. The molecule has 1 heterocycles. The van der Waals surface area contributed by atoms with E-state index in [0.29, 0.717) is 17.0 Å². The number of benzene rings is 1. The Labute approximate surface area is 168 Å². The Hall–Kier alpha value is -1.46. The Balaban J connectivity index is 2.30. The molecule has 1 aromatic rings. The summed E-state index contributed by atoms with van der Waals surface area (Å²) in [7, 11) is 1.66. The lowest BCUT2D eigenvalue weighted by Crippen LogP contribution is -2.48. The van der Waals surface area contributed by atoms with Crippen LogP contribution in [0.15, 0.2) is 6.07 Å². The molecule has 1 aromatic carbocycles. The van der Waals surface area contributed by atoms with E-state index in [9.17, 15) is 4.79 Å². The van der Waals surface area contributed by atoms with Gasteiger partial charge in [0.2, 0.25) is 0 Å². The molecule has 0 radical (unpaired) electrons. The van der Waals surface area contributed by atoms with E-state index < -0.39 is 12.2 Å². The fourth-order valence-electron chi connectivity index (χ4n) is 3.46. The predicted octanol–water partition coefficient (Wildman–Crippen LogP) is 5.05. The molecule has 0 bridgehead atoms. The van der Waals surface area contributed by atoms with E-state index in [-0.39, 0.29) is 5.54 Å². The molecule has 0 spiro atoms. The van der Waals surface area contributed by atoms with Crippen LogP contribution in [0.25, 0.3) is 0 Å². The molecule has 6 heteroatoms. The van der Waals surface area contributed by atoms with Crippen molar-refractivity contribution < 1.29 is 14.3 Å². The predicted molar refractivity (Wildman–Crippen MR) is 110 cm³/mol. The van der Waals surface area contributed by atoms with Gasteiger partial charge in [-0.25, -0.2) is 4.79 Å². The molecule has 1 aliphatic heterocycles. The van der Waals surface area contributed by atoms with Crippen molar-refractivity contribution in [3.63, 3.8) is 0 Å². The van der Waals surface area contributed by atoms with Crippen molar-refractivity contribution in [2.45, 2.75) is 72.1 Å². The SMILES string of the molecule is COc1c(C(C)OC(=O)NC(C)(C)C)cc(Cl)c(C)c1C1CN(C(C)C)C1. The quantitative estimate of drug-likeness (QED) is 0.756. The third-order valence-electron chi connectivity index (χ3n) is 5.00. The van der Waals surface area contributed by atoms with Crippen LogP contribution >= 0.6 is 11.6 Å². The van der Waals surface area contributed by atoms with Crippen molar-refractivity contribution in [2.75, 3.05) is 20.2 Å². The van der Waals surface area contributed by atoms with Gasteiger partial charge < -0.3 is 14.8 Å². The molecule has 152 valence electrons. The van der Waals surface area contributed by atoms with Gasteiger partial charge >= 0.3 is 6.09 Å². The maximum Gasteiger partial charge on any atom is 0.408 e. The number of nitrogens with one attached hydrogen (secondary N) is 1. The third-order valence-corrected chi connectivity index (χ3v) is 5.40. The van der Waals surface area contributed by atoms with Gasteiger partial charge in [0.25, 0.3) is 0 Å². The van der Waals surface area contributed by atoms with E-state index in [1.165, 1.54) is 0 Å². The number of methoxy groups -OCH3 is 1. The van der Waals surface area contributed by atoms with Gasteiger partial charge in [-0.3, -0.25) is 4.90 Å². The second-order valence-electron chi connectivity index (χ2n) is 8.69. The zero-order valence-corrected chi connectivity index (χ0v) is 18.5. The second kappa shape index (κ2) is 8.27. The van der Waals surface area contributed by atoms with Crippen LogP contribution in [-0.4, -0.2) is 42.8 Å². The number of hydrogen-bond acceptors (Lipinski definition) is 4. The molecule has 0 aromatic heterocycles. The fourth-order valence-corrected chi connectivity index (χ4v) is 3.68. The number of ether oxygens (including phenoxy) is 2. The molecule has 0 aliphatic carbocycles. The summed E-state index contributed by atoms with van der Waals surface area (Å²) >= 11 is 6.53. The molecule has 5 nitrogen and oxygen atoms in total. The summed E-state index contributed by atoms with van der Waals surface area (Å²) in [6, 6.07) is 2.38. The highest BCUT2D eigenvalue weighted by Crippen LogP contribution is 2.43. The first-order chi connectivity index (χ1) is 12.4. The minimum absolute atomic E-state index is 0.358. The van der Waals surface area contributed by atoms with Crippen molar-refractivity contribution in [2.24, 2.45) is 0 Å². The van der Waals surface area contributed by atoms with E-state index in [4.69, 9.17) is 21.1 Å². The van der Waals surface area contributed by atoms with Gasteiger partial charge in [-0.2, -0.15) is 0 Å². The summed E-state index contributed by atoms with van der Waals surface area (Å²) in [5.41, 5.74) is 2.61. The largest absolute Gasteiger partial charge is 0.496 e. The minimum Gasteiger partial charge on any atom is -0.496 e. The lowest BCUT2D eigenvalue weighted by molar-refractivity contribution is 0.0969. The molecule has 2 rings (SSSR count). The number of alkyl carbamates (subject to hydrolysis) is 1. The topological polar surface area (TPSA) is 50.8 Å². The highest BCUT2D eigenvalue weighted by Gasteiger charge is 2.35. The molecule has 1 N–H and O–H groups in total. The maximum atomic E-state index is 12.2. The normalized spacial score (nSPS) is 16.8. The minimum atomic E-state index is -0.472. The number of nitrogens with zero attached hydrogens (tertiary/aromatic N) is 1.